The van der Waals surface area contributed by atoms with Gasteiger partial charge in [-0.25, -0.2) is 4.98 Å². The van der Waals surface area contributed by atoms with Crippen molar-refractivity contribution in [2.75, 3.05) is 37.6 Å². The van der Waals surface area contributed by atoms with Gasteiger partial charge in [0, 0.05) is 63.2 Å². The maximum absolute atomic E-state index is 12.8. The Morgan fingerprint density at radius 1 is 1.16 bits per heavy atom. The van der Waals surface area contributed by atoms with Gasteiger partial charge >= 0.3 is 0 Å². The Hall–Kier alpha value is -2.76. The molecule has 0 unspecified atom stereocenters. The summed E-state index contributed by atoms with van der Waals surface area (Å²) < 4.78 is 0. The average molecular weight is 440 g/mol. The van der Waals surface area contributed by atoms with Crippen LogP contribution in [-0.2, 0) is 22.6 Å². The van der Waals surface area contributed by atoms with E-state index in [4.69, 9.17) is 5.26 Å². The zero-order valence-corrected chi connectivity index (χ0v) is 18.8. The highest BCUT2D eigenvalue weighted by atomic mass is 32.1. The van der Waals surface area contributed by atoms with E-state index in [0.717, 1.165) is 42.4 Å². The molecule has 1 aliphatic rings. The largest absolute Gasteiger partial charge is 0.340 e. The molecular weight excluding hydrogens is 410 g/mol. The van der Waals surface area contributed by atoms with Crippen LogP contribution < -0.4 is 4.90 Å². The summed E-state index contributed by atoms with van der Waals surface area (Å²) in [7, 11) is 0. The molecule has 0 N–H and O–H groups in total. The third-order valence-electron chi connectivity index (χ3n) is 5.38. The Morgan fingerprint density at radius 2 is 1.90 bits per heavy atom. The number of hydrogen-bond acceptors (Lipinski definition) is 6. The molecule has 0 saturated carbocycles. The van der Waals surface area contributed by atoms with Crippen LogP contribution in [0.4, 0.5) is 5.69 Å². The fourth-order valence-corrected chi connectivity index (χ4v) is 4.38. The number of amides is 2. The Kier molecular flexibility index (Phi) is 8.56. The third kappa shape index (κ3) is 6.61. The number of carbonyl (C=O) groups excluding carboxylic acids is 2. The van der Waals surface area contributed by atoms with Crippen LogP contribution in [0.5, 0.6) is 0 Å². The van der Waals surface area contributed by atoms with Crippen LogP contribution in [0.25, 0.3) is 0 Å². The van der Waals surface area contributed by atoms with E-state index in [0.29, 0.717) is 19.6 Å². The fourth-order valence-electron chi connectivity index (χ4n) is 3.64. The van der Waals surface area contributed by atoms with Crippen LogP contribution in [0.2, 0.25) is 0 Å². The van der Waals surface area contributed by atoms with Crippen molar-refractivity contribution in [3.8, 4) is 6.07 Å². The number of thiazole rings is 1. The van der Waals surface area contributed by atoms with E-state index in [-0.39, 0.29) is 31.1 Å². The first-order valence-electron chi connectivity index (χ1n) is 10.8. The summed E-state index contributed by atoms with van der Waals surface area (Å²) in [4.78, 5) is 35.8. The molecule has 0 spiro atoms. The molecule has 1 saturated heterocycles. The second kappa shape index (κ2) is 11.6. The first-order chi connectivity index (χ1) is 15.1. The molecule has 1 fully saturated rings. The zero-order valence-electron chi connectivity index (χ0n) is 18.0. The number of benzene rings is 1. The summed E-state index contributed by atoms with van der Waals surface area (Å²) in [5.41, 5.74) is 1.86. The molecule has 0 radical (unpaired) electrons. The van der Waals surface area contributed by atoms with Crippen LogP contribution >= 0.6 is 11.3 Å². The second-order valence-corrected chi connectivity index (χ2v) is 8.47. The topological polar surface area (TPSA) is 80.5 Å². The monoisotopic (exact) mass is 439 g/mol. The lowest BCUT2D eigenvalue weighted by atomic mass is 10.2. The van der Waals surface area contributed by atoms with E-state index < -0.39 is 0 Å². The summed E-state index contributed by atoms with van der Waals surface area (Å²) in [5.74, 6) is -0.105. The number of hydrogen-bond donors (Lipinski definition) is 0. The molecule has 2 heterocycles. The second-order valence-electron chi connectivity index (χ2n) is 7.53. The van der Waals surface area contributed by atoms with Crippen molar-refractivity contribution >= 4 is 28.8 Å². The first kappa shape index (κ1) is 22.9. The highest BCUT2D eigenvalue weighted by Crippen LogP contribution is 2.17. The number of aryl methyl sites for hydroxylation is 1. The predicted molar refractivity (Wildman–Crippen MR) is 122 cm³/mol. The Balaban J connectivity index is 1.45. The summed E-state index contributed by atoms with van der Waals surface area (Å²) in [6, 6.07) is 11.4. The average Bonchev–Trinajstić information content (AvgIpc) is 3.26. The molecule has 3 rings (SSSR count). The van der Waals surface area contributed by atoms with Crippen molar-refractivity contribution in [1.29, 1.82) is 5.26 Å². The van der Waals surface area contributed by atoms with E-state index >= 15 is 0 Å². The molecule has 31 heavy (non-hydrogen) atoms. The molecule has 0 bridgehead atoms. The molecule has 0 atom stereocenters. The molecule has 2 aromatic rings. The first-order valence-corrected chi connectivity index (χ1v) is 11.6. The SMILES string of the molecule is CCc1nc(CN2CCN(C(=O)CCC(=O)N(CCC#N)c3ccccc3)CC2)cs1. The van der Waals surface area contributed by atoms with E-state index in [1.165, 1.54) is 0 Å². The normalized spacial score (nSPS) is 14.3. The van der Waals surface area contributed by atoms with Crippen molar-refractivity contribution in [2.24, 2.45) is 0 Å². The summed E-state index contributed by atoms with van der Waals surface area (Å²) >= 11 is 1.70. The van der Waals surface area contributed by atoms with E-state index in [1.807, 2.05) is 35.2 Å². The summed E-state index contributed by atoms with van der Waals surface area (Å²) in [6.45, 7) is 6.25. The van der Waals surface area contributed by atoms with Gasteiger partial charge in [0.2, 0.25) is 11.8 Å². The minimum Gasteiger partial charge on any atom is -0.340 e. The van der Waals surface area contributed by atoms with Gasteiger partial charge in [0.1, 0.15) is 0 Å². The van der Waals surface area contributed by atoms with Crippen LogP contribution in [0.1, 0.15) is 36.9 Å². The van der Waals surface area contributed by atoms with Gasteiger partial charge in [-0.1, -0.05) is 25.1 Å². The van der Waals surface area contributed by atoms with Crippen molar-refractivity contribution in [3.63, 3.8) is 0 Å². The Labute approximate surface area is 187 Å². The molecule has 1 aromatic carbocycles. The van der Waals surface area contributed by atoms with Gasteiger partial charge in [0.15, 0.2) is 0 Å². The molecule has 0 aliphatic carbocycles. The molecular formula is C23H29N5O2S. The smallest absolute Gasteiger partial charge is 0.227 e. The van der Waals surface area contributed by atoms with Gasteiger partial charge in [-0.2, -0.15) is 5.26 Å². The lowest BCUT2D eigenvalue weighted by Gasteiger charge is -2.34. The van der Waals surface area contributed by atoms with Crippen molar-refractivity contribution in [2.45, 2.75) is 39.2 Å². The molecule has 8 heteroatoms. The Morgan fingerprint density at radius 3 is 2.55 bits per heavy atom. The quantitative estimate of drug-likeness (QED) is 0.600. The number of nitrogens with zero attached hydrogens (tertiary/aromatic N) is 5. The predicted octanol–water partition coefficient (Wildman–Crippen LogP) is 3.08. The van der Waals surface area contributed by atoms with Crippen molar-refractivity contribution < 1.29 is 9.59 Å². The molecule has 2 amide bonds. The number of para-hydroxylation sites is 1. The van der Waals surface area contributed by atoms with Gasteiger partial charge in [0.05, 0.1) is 23.2 Å². The number of piperazine rings is 1. The number of nitriles is 1. The molecule has 1 aromatic heterocycles. The van der Waals surface area contributed by atoms with Gasteiger partial charge in [0.25, 0.3) is 0 Å². The highest BCUT2D eigenvalue weighted by Gasteiger charge is 2.23. The number of anilines is 1. The van der Waals surface area contributed by atoms with Crippen LogP contribution in [0.15, 0.2) is 35.7 Å². The molecule has 7 nitrogen and oxygen atoms in total. The van der Waals surface area contributed by atoms with Crippen LogP contribution in [0.3, 0.4) is 0 Å². The van der Waals surface area contributed by atoms with Gasteiger partial charge in [-0.15, -0.1) is 11.3 Å². The maximum Gasteiger partial charge on any atom is 0.227 e. The van der Waals surface area contributed by atoms with E-state index in [2.05, 4.69) is 28.3 Å². The van der Waals surface area contributed by atoms with Crippen LogP contribution in [0, 0.1) is 11.3 Å². The van der Waals surface area contributed by atoms with Gasteiger partial charge < -0.3 is 9.80 Å². The van der Waals surface area contributed by atoms with Crippen molar-refractivity contribution in [1.82, 2.24) is 14.8 Å². The standard InChI is InChI=1S/C23H29N5O2S/c1-2-21-25-19(18-31-21)17-26-13-15-27(16-14-26)22(29)9-10-23(30)28(12-6-11-24)20-7-4-3-5-8-20/h3-5,7-8,18H,2,6,9-10,12-17H2,1H3. The highest BCUT2D eigenvalue weighted by molar-refractivity contribution is 7.09. The molecule has 1 aliphatic heterocycles. The zero-order chi connectivity index (χ0) is 22.1. The van der Waals surface area contributed by atoms with E-state index in [9.17, 15) is 9.59 Å². The lowest BCUT2D eigenvalue weighted by Crippen LogP contribution is -2.48. The minimum absolute atomic E-state index is 0.0169. The Bertz CT molecular complexity index is 900. The lowest BCUT2D eigenvalue weighted by molar-refractivity contribution is -0.134. The summed E-state index contributed by atoms with van der Waals surface area (Å²) in [6.07, 6.45) is 1.57. The number of aromatic nitrogens is 1. The van der Waals surface area contributed by atoms with Crippen molar-refractivity contribution in [3.05, 3.63) is 46.4 Å². The minimum atomic E-state index is -0.122. The number of rotatable bonds is 9. The third-order valence-corrected chi connectivity index (χ3v) is 6.42. The van der Waals surface area contributed by atoms with Gasteiger partial charge in [-0.05, 0) is 18.6 Å². The fraction of sp³-hybridized carbons (Fsp3) is 0.478. The number of carbonyl (C=O) groups is 2. The summed E-state index contributed by atoms with van der Waals surface area (Å²) in [5, 5.41) is 12.2. The van der Waals surface area contributed by atoms with E-state index in [1.54, 1.807) is 16.2 Å². The maximum atomic E-state index is 12.8. The molecule has 164 valence electrons. The van der Waals surface area contributed by atoms with Gasteiger partial charge in [-0.3, -0.25) is 14.5 Å². The van der Waals surface area contributed by atoms with Crippen LogP contribution in [-0.4, -0.2) is 59.3 Å².